The Hall–Kier alpha value is -2.53. The summed E-state index contributed by atoms with van der Waals surface area (Å²) in [5.41, 5.74) is 0.871. The lowest BCUT2D eigenvalue weighted by molar-refractivity contribution is -0.314. The van der Waals surface area contributed by atoms with Crippen molar-refractivity contribution < 1.29 is 57.0 Å². The molecule has 0 bridgehead atoms. The van der Waals surface area contributed by atoms with Crippen LogP contribution < -0.4 is 5.32 Å². The number of carbonyl (C=O) groups is 2. The molecule has 3 saturated heterocycles. The molecule has 0 amide bonds. The Labute approximate surface area is 368 Å². The van der Waals surface area contributed by atoms with Crippen molar-refractivity contribution in [3.8, 4) is 0 Å². The summed E-state index contributed by atoms with van der Waals surface area (Å²) in [5, 5.41) is 16.3. The molecular weight excluding hydrogens is 800 g/mol. The summed E-state index contributed by atoms with van der Waals surface area (Å²) < 4.78 is 64.5. The average molecular weight is 873 g/mol. The van der Waals surface area contributed by atoms with Crippen LogP contribution in [0.15, 0.2) is 35.9 Å². The van der Waals surface area contributed by atoms with Crippen LogP contribution in [0.25, 0.3) is 0 Å². The minimum Gasteiger partial charge on any atom is -0.462 e. The van der Waals surface area contributed by atoms with E-state index in [4.69, 9.17) is 37.9 Å². The molecule has 62 heavy (non-hydrogen) atoms. The van der Waals surface area contributed by atoms with Gasteiger partial charge in [0.1, 0.15) is 30.2 Å². The van der Waals surface area contributed by atoms with Crippen LogP contribution in [0.5, 0.6) is 0 Å². The van der Waals surface area contributed by atoms with Gasteiger partial charge in [-0.2, -0.15) is 0 Å². The fraction of sp³-hybridized carbons (Fsp3) is 0.792. The number of cyclic esters (lactones) is 1. The van der Waals surface area contributed by atoms with E-state index in [2.05, 4.69) is 23.2 Å². The molecule has 14 heteroatoms. The molecule has 2 N–H and O–H groups in total. The third-order valence-electron chi connectivity index (χ3n) is 15.0. The van der Waals surface area contributed by atoms with Gasteiger partial charge in [-0.3, -0.25) is 9.59 Å². The Morgan fingerprint density at radius 1 is 0.935 bits per heavy atom. The number of methoxy groups -OCH3 is 3. The Morgan fingerprint density at radius 3 is 2.32 bits per heavy atom. The van der Waals surface area contributed by atoms with Gasteiger partial charge in [-0.25, -0.2) is 4.39 Å². The van der Waals surface area contributed by atoms with Crippen LogP contribution in [0.2, 0.25) is 0 Å². The normalized spacial score (nSPS) is 42.8. The van der Waals surface area contributed by atoms with Crippen molar-refractivity contribution in [2.24, 2.45) is 35.5 Å². The van der Waals surface area contributed by atoms with Gasteiger partial charge in [0.25, 0.3) is 0 Å². The predicted octanol–water partition coefficient (Wildman–Crippen LogP) is 6.30. The fourth-order valence-electron chi connectivity index (χ4n) is 12.2. The first-order valence-electron chi connectivity index (χ1n) is 23.2. The highest BCUT2D eigenvalue weighted by atomic mass is 19.1. The number of ketones is 1. The number of likely N-dealkylation sites (N-methyl/N-ethyl adjacent to an activating group) is 1. The fourth-order valence-corrected chi connectivity index (χ4v) is 12.2. The second kappa shape index (κ2) is 20.3. The Balaban J connectivity index is 1.21. The van der Waals surface area contributed by atoms with Crippen LogP contribution in [-0.4, -0.2) is 137 Å². The number of hydrogen-bond acceptors (Lipinski definition) is 13. The van der Waals surface area contributed by atoms with Crippen LogP contribution in [0.4, 0.5) is 10.1 Å². The second-order valence-electron chi connectivity index (χ2n) is 19.5. The molecule has 348 valence electrons. The number of benzene rings is 1. The van der Waals surface area contributed by atoms with Crippen molar-refractivity contribution in [3.63, 3.8) is 0 Å². The van der Waals surface area contributed by atoms with Crippen LogP contribution >= 0.6 is 0 Å². The van der Waals surface area contributed by atoms with Crippen molar-refractivity contribution in [3.05, 3.63) is 41.7 Å². The van der Waals surface area contributed by atoms with Gasteiger partial charge < -0.3 is 53.2 Å². The Kier molecular flexibility index (Phi) is 15.6. The number of rotatable bonds is 12. The van der Waals surface area contributed by atoms with Gasteiger partial charge in [-0.15, -0.1) is 0 Å². The summed E-state index contributed by atoms with van der Waals surface area (Å²) in [6.07, 6.45) is 3.76. The lowest BCUT2D eigenvalue weighted by Gasteiger charge is -2.47. The number of anilines is 1. The highest BCUT2D eigenvalue weighted by Crippen LogP contribution is 2.57. The van der Waals surface area contributed by atoms with Crippen molar-refractivity contribution in [1.82, 2.24) is 4.90 Å². The molecule has 0 radical (unpaired) electrons. The molecule has 18 atom stereocenters. The topological polar surface area (TPSA) is 143 Å². The van der Waals surface area contributed by atoms with Crippen molar-refractivity contribution in [2.45, 2.75) is 165 Å². The molecule has 3 aliphatic carbocycles. The second-order valence-corrected chi connectivity index (χ2v) is 19.5. The van der Waals surface area contributed by atoms with Gasteiger partial charge in [-0.1, -0.05) is 19.9 Å². The number of esters is 1. The van der Waals surface area contributed by atoms with E-state index in [-0.39, 0.29) is 71.8 Å². The number of carbonyl (C=O) groups excluding carboxylic acids is 2. The van der Waals surface area contributed by atoms with E-state index in [1.54, 1.807) is 33.5 Å². The molecule has 4 unspecified atom stereocenters. The first-order valence-corrected chi connectivity index (χ1v) is 23.2. The third kappa shape index (κ3) is 10.1. The zero-order valence-electron chi connectivity index (χ0n) is 38.3. The SMILES string of the molecule is CC[C@H]1CCC[C@H](O[C@H]2CCCC(C)(CN(C)C)O2)[C@@H](C)C(=O)C2=C[C@H]3[C@@H]4C[C@H](O[C@@H]5OC(C)[C@H](OC)C(OC)C5OC)C[C@H]4[C@H](Nc4ccc(F)cc4)[C@@H](O)[C@H]3[C@@H]2CC(=O)O1. The monoisotopic (exact) mass is 873 g/mol. The molecule has 0 aromatic heterocycles. The number of ether oxygens (including phenoxy) is 8. The van der Waals surface area contributed by atoms with E-state index in [1.807, 2.05) is 34.9 Å². The number of allylic oxidation sites excluding steroid dienone is 2. The van der Waals surface area contributed by atoms with Gasteiger partial charge >= 0.3 is 5.97 Å². The molecule has 0 spiro atoms. The first-order chi connectivity index (χ1) is 29.7. The summed E-state index contributed by atoms with van der Waals surface area (Å²) in [6.45, 7) is 8.80. The largest absolute Gasteiger partial charge is 0.462 e. The number of nitrogens with one attached hydrogen (secondary N) is 1. The number of hydrogen-bond donors (Lipinski definition) is 2. The standard InChI is InChI=1S/C48H73FN2O11/c1-10-30-13-11-14-37(61-39-15-12-20-48(4,62-39)25-51(5)6)26(2)42(53)36-23-33-32-21-31(60-47-46(57-9)45(56-8)44(55-7)27(3)58-47)22-35(32)41(50-29-18-16-28(49)17-19-29)43(54)40(33)34(36)24-38(52)59-30/h16-19,23,26-27,30-35,37,39-41,43-47,50,54H,10-15,20-22,24-25H2,1-9H3/t26-,27?,30+,31+,32+,33+,34-,35-,37+,39-,40-,41+,43+,44+,45?,46?,47+,48?/m1/s1. The maximum Gasteiger partial charge on any atom is 0.306 e. The van der Waals surface area contributed by atoms with Crippen LogP contribution in [0.3, 0.4) is 0 Å². The van der Waals surface area contributed by atoms with Gasteiger partial charge in [-0.05, 0) is 133 Å². The zero-order chi connectivity index (χ0) is 44.5. The van der Waals surface area contributed by atoms with E-state index < -0.39 is 60.8 Å². The van der Waals surface area contributed by atoms with E-state index >= 15 is 4.79 Å². The highest BCUT2D eigenvalue weighted by molar-refractivity contribution is 5.99. The summed E-state index contributed by atoms with van der Waals surface area (Å²) in [4.78, 5) is 31.2. The van der Waals surface area contributed by atoms with E-state index in [0.717, 1.165) is 32.2 Å². The minimum atomic E-state index is -0.968. The molecule has 1 aromatic carbocycles. The molecule has 3 heterocycles. The molecule has 2 saturated carbocycles. The molecule has 13 nitrogen and oxygen atoms in total. The molecule has 5 fully saturated rings. The summed E-state index contributed by atoms with van der Waals surface area (Å²) in [6, 6.07) is 5.64. The van der Waals surface area contributed by atoms with Crippen LogP contribution in [0.1, 0.15) is 91.9 Å². The minimum absolute atomic E-state index is 0.0256. The number of aliphatic hydroxyl groups is 1. The lowest BCUT2D eigenvalue weighted by Crippen LogP contribution is -2.59. The predicted molar refractivity (Wildman–Crippen MR) is 230 cm³/mol. The first kappa shape index (κ1) is 47.4. The van der Waals surface area contributed by atoms with Gasteiger partial charge in [0.15, 0.2) is 18.4 Å². The number of fused-ring (bicyclic) bond motifs is 5. The maximum atomic E-state index is 15.1. The van der Waals surface area contributed by atoms with Crippen molar-refractivity contribution in [2.75, 3.05) is 47.3 Å². The lowest BCUT2D eigenvalue weighted by atomic mass is 9.62. The summed E-state index contributed by atoms with van der Waals surface area (Å²) >= 11 is 0. The molecular formula is C48H73FN2O11. The van der Waals surface area contributed by atoms with Gasteiger partial charge in [0, 0.05) is 51.3 Å². The zero-order valence-corrected chi connectivity index (χ0v) is 38.3. The van der Waals surface area contributed by atoms with E-state index in [0.29, 0.717) is 43.4 Å². The van der Waals surface area contributed by atoms with E-state index in [1.165, 1.54) is 12.1 Å². The number of Topliss-reactive ketones (excluding diaryl/α,β-unsaturated/α-hetero) is 1. The maximum absolute atomic E-state index is 15.1. The van der Waals surface area contributed by atoms with Crippen molar-refractivity contribution in [1.29, 1.82) is 0 Å². The Morgan fingerprint density at radius 2 is 1.65 bits per heavy atom. The molecule has 7 rings (SSSR count). The summed E-state index contributed by atoms with van der Waals surface area (Å²) in [5.74, 6) is -2.73. The smallest absolute Gasteiger partial charge is 0.306 e. The van der Waals surface area contributed by atoms with Crippen LogP contribution in [-0.2, 0) is 47.5 Å². The van der Waals surface area contributed by atoms with Gasteiger partial charge in [0.05, 0.1) is 42.5 Å². The third-order valence-corrected chi connectivity index (χ3v) is 15.0. The highest BCUT2D eigenvalue weighted by Gasteiger charge is 2.60. The number of nitrogens with zero attached hydrogens (tertiary/aromatic N) is 1. The molecule has 6 aliphatic rings. The molecule has 1 aromatic rings. The summed E-state index contributed by atoms with van der Waals surface area (Å²) in [7, 11) is 8.94. The average Bonchev–Trinajstić information content (AvgIpc) is 3.82. The number of halogens is 1. The van der Waals surface area contributed by atoms with Gasteiger partial charge in [0.2, 0.25) is 0 Å². The quantitative estimate of drug-likeness (QED) is 0.227. The van der Waals surface area contributed by atoms with E-state index in [9.17, 15) is 14.3 Å². The number of aliphatic hydroxyl groups excluding tert-OH is 1. The van der Waals surface area contributed by atoms with Crippen LogP contribution in [0, 0.1) is 41.3 Å². The molecule has 3 aliphatic heterocycles. The van der Waals surface area contributed by atoms with Crippen molar-refractivity contribution >= 4 is 17.4 Å². The Bertz CT molecular complexity index is 1700.